The Bertz CT molecular complexity index is 803. The van der Waals surface area contributed by atoms with E-state index in [1.54, 1.807) is 24.3 Å². The molecule has 0 unspecified atom stereocenters. The van der Waals surface area contributed by atoms with Crippen molar-refractivity contribution >= 4 is 5.97 Å². The summed E-state index contributed by atoms with van der Waals surface area (Å²) in [4.78, 5) is 16.8. The van der Waals surface area contributed by atoms with E-state index in [4.69, 9.17) is 24.2 Å². The van der Waals surface area contributed by atoms with Crippen molar-refractivity contribution in [3.05, 3.63) is 48.5 Å². The topological polar surface area (TPSA) is 77.2 Å². The van der Waals surface area contributed by atoms with E-state index >= 15 is 0 Å². The van der Waals surface area contributed by atoms with E-state index in [1.165, 1.54) is 13.8 Å². The van der Waals surface area contributed by atoms with E-state index in [9.17, 15) is 4.79 Å². The summed E-state index contributed by atoms with van der Waals surface area (Å²) in [6.45, 7) is 5.90. The Morgan fingerprint density at radius 2 is 1.50 bits per heavy atom. The van der Waals surface area contributed by atoms with Crippen LogP contribution in [0.15, 0.2) is 48.5 Å². The van der Waals surface area contributed by atoms with Gasteiger partial charge in [-0.15, -0.1) is 5.06 Å². The van der Waals surface area contributed by atoms with Crippen LogP contribution in [0.1, 0.15) is 20.3 Å². The van der Waals surface area contributed by atoms with Gasteiger partial charge in [-0.05, 0) is 38.1 Å². The highest BCUT2D eigenvalue weighted by Crippen LogP contribution is 2.24. The summed E-state index contributed by atoms with van der Waals surface area (Å²) in [5.74, 6) is 1.56. The first-order valence-electron chi connectivity index (χ1n) is 9.23. The third kappa shape index (κ3) is 6.06. The maximum atomic E-state index is 11.2. The molecule has 1 aliphatic rings. The molecular weight excluding hydrogens is 362 g/mol. The molecule has 7 nitrogen and oxygen atoms in total. The van der Waals surface area contributed by atoms with Crippen LogP contribution in [0, 0.1) is 0 Å². The summed E-state index contributed by atoms with van der Waals surface area (Å²) in [6.07, 6.45) is 0.697. The molecule has 1 N–H and O–H groups in total. The molecule has 0 radical (unpaired) electrons. The number of hydrogen-bond acceptors (Lipinski definition) is 6. The summed E-state index contributed by atoms with van der Waals surface area (Å²) in [5, 5.41) is 11.0. The fourth-order valence-corrected chi connectivity index (χ4v) is 2.31. The first-order chi connectivity index (χ1) is 13.4. The van der Waals surface area contributed by atoms with Gasteiger partial charge in [0.25, 0.3) is 0 Å². The number of rotatable bonds is 11. The Hall–Kier alpha value is -2.93. The molecule has 1 heterocycles. The second-order valence-electron chi connectivity index (χ2n) is 6.94. The minimum Gasteiger partial charge on any atom is -0.493 e. The predicted octanol–water partition coefficient (Wildman–Crippen LogP) is 3.39. The third-order valence-corrected chi connectivity index (χ3v) is 3.97. The van der Waals surface area contributed by atoms with Crippen molar-refractivity contribution < 1.29 is 28.9 Å². The molecule has 1 saturated heterocycles. The number of carbonyl (C=O) groups is 1. The Morgan fingerprint density at radius 3 is 2.07 bits per heavy atom. The number of carboxylic acids is 1. The van der Waals surface area contributed by atoms with Crippen LogP contribution in [0.25, 0.3) is 0 Å². The highest BCUT2D eigenvalue weighted by Gasteiger charge is 2.29. The fourth-order valence-electron chi connectivity index (χ4n) is 2.31. The van der Waals surface area contributed by atoms with E-state index in [1.807, 2.05) is 29.3 Å². The van der Waals surface area contributed by atoms with E-state index in [0.717, 1.165) is 24.6 Å². The Morgan fingerprint density at radius 1 is 0.964 bits per heavy atom. The van der Waals surface area contributed by atoms with Crippen molar-refractivity contribution in [2.24, 2.45) is 0 Å². The van der Waals surface area contributed by atoms with Crippen LogP contribution in [0.4, 0.5) is 0 Å². The zero-order chi connectivity index (χ0) is 20.0. The van der Waals surface area contributed by atoms with Crippen LogP contribution in [0.2, 0.25) is 0 Å². The van der Waals surface area contributed by atoms with Gasteiger partial charge in [-0.2, -0.15) is 0 Å². The lowest BCUT2D eigenvalue weighted by Crippen LogP contribution is -2.37. The molecule has 0 bridgehead atoms. The monoisotopic (exact) mass is 387 g/mol. The summed E-state index contributed by atoms with van der Waals surface area (Å²) in [7, 11) is 0. The van der Waals surface area contributed by atoms with Crippen LogP contribution in [0.3, 0.4) is 0 Å². The summed E-state index contributed by atoms with van der Waals surface area (Å²) in [5.41, 5.74) is -1.30. The van der Waals surface area contributed by atoms with Gasteiger partial charge in [0, 0.05) is 18.6 Å². The molecule has 1 aliphatic heterocycles. The molecular formula is C21H25NO6. The van der Waals surface area contributed by atoms with Crippen LogP contribution in [0.5, 0.6) is 23.0 Å². The van der Waals surface area contributed by atoms with Gasteiger partial charge >= 0.3 is 5.97 Å². The van der Waals surface area contributed by atoms with Crippen molar-refractivity contribution in [2.75, 3.05) is 26.3 Å². The standard InChI is InChI=1S/C21H25NO6/c1-21(2,20(23)24)27-18-8-3-6-16(14-18)25-12-5-13-26-17-7-4-9-19(15-17)28-22-10-11-22/h3-4,6-9,14-15H,5,10-13H2,1-2H3,(H,23,24). The summed E-state index contributed by atoms with van der Waals surface area (Å²) in [6, 6.07) is 14.5. The van der Waals surface area contributed by atoms with Gasteiger partial charge in [0.2, 0.25) is 0 Å². The second-order valence-corrected chi connectivity index (χ2v) is 6.94. The number of benzene rings is 2. The zero-order valence-corrected chi connectivity index (χ0v) is 16.1. The molecule has 2 aromatic rings. The van der Waals surface area contributed by atoms with Crippen molar-refractivity contribution in [3.63, 3.8) is 0 Å². The normalized spacial score (nSPS) is 13.6. The molecule has 1 fully saturated rings. The lowest BCUT2D eigenvalue weighted by molar-refractivity contribution is -0.152. The predicted molar refractivity (Wildman–Crippen MR) is 103 cm³/mol. The van der Waals surface area contributed by atoms with E-state index < -0.39 is 11.6 Å². The average molecular weight is 387 g/mol. The number of nitrogens with zero attached hydrogens (tertiary/aromatic N) is 1. The number of hydroxylamine groups is 2. The second kappa shape index (κ2) is 8.84. The molecule has 3 rings (SSSR count). The van der Waals surface area contributed by atoms with Crippen molar-refractivity contribution in [1.82, 2.24) is 5.06 Å². The lowest BCUT2D eigenvalue weighted by Gasteiger charge is -2.21. The lowest BCUT2D eigenvalue weighted by atomic mass is 10.1. The highest BCUT2D eigenvalue weighted by atomic mass is 16.7. The molecule has 28 heavy (non-hydrogen) atoms. The van der Waals surface area contributed by atoms with Gasteiger partial charge in [-0.25, -0.2) is 4.79 Å². The molecule has 7 heteroatoms. The minimum absolute atomic E-state index is 0.448. The smallest absolute Gasteiger partial charge is 0.347 e. The van der Waals surface area contributed by atoms with E-state index in [-0.39, 0.29) is 0 Å². The molecule has 0 atom stereocenters. The van der Waals surface area contributed by atoms with Gasteiger partial charge in [0.05, 0.1) is 26.3 Å². The number of hydrogen-bond donors (Lipinski definition) is 1. The molecule has 0 amide bonds. The molecule has 0 aromatic heterocycles. The van der Waals surface area contributed by atoms with Crippen LogP contribution >= 0.6 is 0 Å². The molecule has 0 saturated carbocycles. The van der Waals surface area contributed by atoms with Gasteiger partial charge in [0.15, 0.2) is 11.4 Å². The van der Waals surface area contributed by atoms with Crippen LogP contribution < -0.4 is 19.0 Å². The summed E-state index contributed by atoms with van der Waals surface area (Å²) < 4.78 is 17.0. The first kappa shape index (κ1) is 19.8. The first-order valence-corrected chi connectivity index (χ1v) is 9.23. The maximum absolute atomic E-state index is 11.2. The SMILES string of the molecule is CC(C)(Oc1cccc(OCCCOc2cccc(ON3CC3)c2)c1)C(=O)O. The minimum atomic E-state index is -1.30. The third-order valence-electron chi connectivity index (χ3n) is 3.97. The largest absolute Gasteiger partial charge is 0.493 e. The van der Waals surface area contributed by atoms with Gasteiger partial charge in [-0.1, -0.05) is 12.1 Å². The van der Waals surface area contributed by atoms with E-state index in [2.05, 4.69) is 0 Å². The van der Waals surface area contributed by atoms with E-state index in [0.29, 0.717) is 31.1 Å². The molecule has 0 aliphatic carbocycles. The van der Waals surface area contributed by atoms with Gasteiger partial charge in [0.1, 0.15) is 17.2 Å². The van der Waals surface area contributed by atoms with Gasteiger partial charge < -0.3 is 24.2 Å². The maximum Gasteiger partial charge on any atom is 0.347 e. The van der Waals surface area contributed by atoms with Crippen LogP contribution in [-0.2, 0) is 4.79 Å². The fraction of sp³-hybridized carbons (Fsp3) is 0.381. The number of ether oxygens (including phenoxy) is 3. The Labute approximate surface area is 164 Å². The molecule has 150 valence electrons. The molecule has 2 aromatic carbocycles. The Balaban J connectivity index is 1.40. The number of aliphatic carboxylic acids is 1. The van der Waals surface area contributed by atoms with Gasteiger partial charge in [-0.3, -0.25) is 0 Å². The van der Waals surface area contributed by atoms with Crippen molar-refractivity contribution in [3.8, 4) is 23.0 Å². The zero-order valence-electron chi connectivity index (χ0n) is 16.1. The number of carboxylic acid groups (broad SMARTS) is 1. The van der Waals surface area contributed by atoms with Crippen LogP contribution in [-0.4, -0.2) is 48.0 Å². The summed E-state index contributed by atoms with van der Waals surface area (Å²) >= 11 is 0. The van der Waals surface area contributed by atoms with Crippen molar-refractivity contribution in [2.45, 2.75) is 25.9 Å². The average Bonchev–Trinajstić information content (AvgIpc) is 3.45. The molecule has 0 spiro atoms. The Kier molecular flexibility index (Phi) is 6.26. The van der Waals surface area contributed by atoms with Crippen molar-refractivity contribution in [1.29, 1.82) is 0 Å². The quantitative estimate of drug-likeness (QED) is 0.468. The highest BCUT2D eigenvalue weighted by molar-refractivity contribution is 5.76.